The lowest BCUT2D eigenvalue weighted by Crippen LogP contribution is -2.43. The van der Waals surface area contributed by atoms with Gasteiger partial charge in [0.15, 0.2) is 0 Å². The summed E-state index contributed by atoms with van der Waals surface area (Å²) in [6.07, 6.45) is 3.62. The lowest BCUT2D eigenvalue weighted by atomic mass is 9.84. The SMILES string of the molecule is O=C(O)CC1CCC(NC(=O)NCc2ccc(Cl)cc2)CC1. The summed E-state index contributed by atoms with van der Waals surface area (Å²) in [6, 6.07) is 7.28. The van der Waals surface area contributed by atoms with Crippen LogP contribution in [0.15, 0.2) is 24.3 Å². The average molecular weight is 325 g/mol. The standard InChI is InChI=1S/C16H21ClN2O3/c17-13-5-1-12(2-6-13)10-18-16(22)19-14-7-3-11(4-8-14)9-15(20)21/h1-2,5-6,11,14H,3-4,7-10H2,(H,20,21)(H2,18,19,22). The third-order valence-corrected chi connectivity index (χ3v) is 4.26. The number of carbonyl (C=O) groups is 2. The number of amides is 2. The minimum Gasteiger partial charge on any atom is -0.481 e. The second kappa shape index (κ2) is 8.03. The Kier molecular flexibility index (Phi) is 6.07. The molecule has 1 aromatic carbocycles. The van der Waals surface area contributed by atoms with E-state index in [1.807, 2.05) is 12.1 Å². The molecule has 0 heterocycles. The first-order chi connectivity index (χ1) is 10.5. The van der Waals surface area contributed by atoms with Crippen molar-refractivity contribution in [2.45, 2.75) is 44.7 Å². The van der Waals surface area contributed by atoms with Crippen LogP contribution in [0.3, 0.4) is 0 Å². The Balaban J connectivity index is 1.67. The van der Waals surface area contributed by atoms with Crippen molar-refractivity contribution in [1.29, 1.82) is 0 Å². The van der Waals surface area contributed by atoms with E-state index in [9.17, 15) is 9.59 Å². The number of hydrogen-bond acceptors (Lipinski definition) is 2. The van der Waals surface area contributed by atoms with Gasteiger partial charge in [0.05, 0.1) is 0 Å². The third kappa shape index (κ3) is 5.56. The maximum atomic E-state index is 11.9. The second-order valence-corrected chi connectivity index (χ2v) is 6.21. The molecule has 120 valence electrons. The van der Waals surface area contributed by atoms with Gasteiger partial charge in [0.2, 0.25) is 0 Å². The fraction of sp³-hybridized carbons (Fsp3) is 0.500. The molecule has 1 aromatic rings. The molecule has 0 atom stereocenters. The van der Waals surface area contributed by atoms with Crippen LogP contribution in [0.25, 0.3) is 0 Å². The fourth-order valence-corrected chi connectivity index (χ4v) is 2.90. The van der Waals surface area contributed by atoms with E-state index in [1.165, 1.54) is 0 Å². The van der Waals surface area contributed by atoms with Gasteiger partial charge in [0.1, 0.15) is 0 Å². The number of halogens is 1. The Labute approximate surface area is 135 Å². The van der Waals surface area contributed by atoms with Crippen molar-refractivity contribution >= 4 is 23.6 Å². The lowest BCUT2D eigenvalue weighted by Gasteiger charge is -2.28. The number of nitrogens with one attached hydrogen (secondary N) is 2. The van der Waals surface area contributed by atoms with Crippen LogP contribution in [0, 0.1) is 5.92 Å². The summed E-state index contributed by atoms with van der Waals surface area (Å²) >= 11 is 5.81. The summed E-state index contributed by atoms with van der Waals surface area (Å²) in [4.78, 5) is 22.5. The molecule has 0 spiro atoms. The van der Waals surface area contributed by atoms with Crippen molar-refractivity contribution in [3.8, 4) is 0 Å². The van der Waals surface area contributed by atoms with E-state index < -0.39 is 5.97 Å². The molecule has 3 N–H and O–H groups in total. The van der Waals surface area contributed by atoms with Gasteiger partial charge in [0, 0.05) is 24.0 Å². The van der Waals surface area contributed by atoms with Crippen LogP contribution in [0.4, 0.5) is 4.79 Å². The third-order valence-electron chi connectivity index (χ3n) is 4.01. The van der Waals surface area contributed by atoms with Gasteiger partial charge in [-0.2, -0.15) is 0 Å². The second-order valence-electron chi connectivity index (χ2n) is 5.77. The number of carbonyl (C=O) groups excluding carboxylic acids is 1. The number of benzene rings is 1. The minimum absolute atomic E-state index is 0.135. The van der Waals surface area contributed by atoms with Gasteiger partial charge in [0.25, 0.3) is 0 Å². The number of urea groups is 1. The van der Waals surface area contributed by atoms with Gasteiger partial charge >= 0.3 is 12.0 Å². The first-order valence-electron chi connectivity index (χ1n) is 7.53. The summed E-state index contributed by atoms with van der Waals surface area (Å²) in [7, 11) is 0. The Hall–Kier alpha value is -1.75. The summed E-state index contributed by atoms with van der Waals surface area (Å²) in [5, 5.41) is 15.2. The first kappa shape index (κ1) is 16.6. The molecule has 0 aliphatic heterocycles. The van der Waals surface area contributed by atoms with E-state index in [0.717, 1.165) is 31.2 Å². The van der Waals surface area contributed by atoms with Crippen LogP contribution in [0.1, 0.15) is 37.7 Å². The minimum atomic E-state index is -0.739. The van der Waals surface area contributed by atoms with E-state index in [4.69, 9.17) is 16.7 Å². The smallest absolute Gasteiger partial charge is 0.315 e. The number of carboxylic acid groups (broad SMARTS) is 1. The molecule has 6 heteroatoms. The van der Waals surface area contributed by atoms with Crippen LogP contribution in [-0.2, 0) is 11.3 Å². The van der Waals surface area contributed by atoms with Crippen molar-refractivity contribution in [1.82, 2.24) is 10.6 Å². The molecule has 0 saturated heterocycles. The zero-order valence-electron chi connectivity index (χ0n) is 12.3. The maximum Gasteiger partial charge on any atom is 0.315 e. The van der Waals surface area contributed by atoms with Crippen LogP contribution in [0.5, 0.6) is 0 Å². The van der Waals surface area contributed by atoms with Crippen molar-refractivity contribution in [3.05, 3.63) is 34.9 Å². The van der Waals surface area contributed by atoms with Gasteiger partial charge in [-0.1, -0.05) is 23.7 Å². The molecule has 0 radical (unpaired) electrons. The molecule has 1 aliphatic carbocycles. The Bertz CT molecular complexity index is 511. The highest BCUT2D eigenvalue weighted by Gasteiger charge is 2.23. The highest BCUT2D eigenvalue weighted by Crippen LogP contribution is 2.26. The van der Waals surface area contributed by atoms with Crippen molar-refractivity contribution in [3.63, 3.8) is 0 Å². The summed E-state index contributed by atoms with van der Waals surface area (Å²) < 4.78 is 0. The molecule has 1 fully saturated rings. The van der Waals surface area contributed by atoms with Gasteiger partial charge in [-0.3, -0.25) is 4.79 Å². The van der Waals surface area contributed by atoms with Gasteiger partial charge in [-0.25, -0.2) is 4.79 Å². The molecule has 0 bridgehead atoms. The number of rotatable bonds is 5. The lowest BCUT2D eigenvalue weighted by molar-refractivity contribution is -0.138. The van der Waals surface area contributed by atoms with Crippen LogP contribution in [0.2, 0.25) is 5.02 Å². The van der Waals surface area contributed by atoms with E-state index >= 15 is 0 Å². The largest absolute Gasteiger partial charge is 0.481 e. The normalized spacial score (nSPS) is 21.1. The van der Waals surface area contributed by atoms with Gasteiger partial charge < -0.3 is 15.7 Å². The van der Waals surface area contributed by atoms with E-state index in [0.29, 0.717) is 11.6 Å². The molecular formula is C16H21ClN2O3. The highest BCUT2D eigenvalue weighted by atomic mass is 35.5. The number of carboxylic acids is 1. The zero-order chi connectivity index (χ0) is 15.9. The monoisotopic (exact) mass is 324 g/mol. The molecule has 0 unspecified atom stereocenters. The predicted octanol–water partition coefficient (Wildman–Crippen LogP) is 3.17. The Morgan fingerprint density at radius 2 is 1.77 bits per heavy atom. The summed E-state index contributed by atoms with van der Waals surface area (Å²) in [6.45, 7) is 0.456. The first-order valence-corrected chi connectivity index (χ1v) is 7.91. The topological polar surface area (TPSA) is 78.4 Å². The molecule has 1 saturated carbocycles. The highest BCUT2D eigenvalue weighted by molar-refractivity contribution is 6.30. The number of hydrogen-bond donors (Lipinski definition) is 3. The molecule has 22 heavy (non-hydrogen) atoms. The molecule has 2 amide bonds. The van der Waals surface area contributed by atoms with Gasteiger partial charge in [-0.15, -0.1) is 0 Å². The summed E-state index contributed by atoms with van der Waals surface area (Å²) in [5.74, 6) is -0.496. The van der Waals surface area contributed by atoms with E-state index in [-0.39, 0.29) is 24.4 Å². The molecule has 5 nitrogen and oxygen atoms in total. The van der Waals surface area contributed by atoms with Crippen LogP contribution in [-0.4, -0.2) is 23.1 Å². The summed E-state index contributed by atoms with van der Waals surface area (Å²) in [5.41, 5.74) is 0.990. The van der Waals surface area contributed by atoms with Gasteiger partial charge in [-0.05, 0) is 49.3 Å². The van der Waals surface area contributed by atoms with Crippen molar-refractivity contribution in [2.75, 3.05) is 0 Å². The zero-order valence-corrected chi connectivity index (χ0v) is 13.1. The van der Waals surface area contributed by atoms with Crippen molar-refractivity contribution < 1.29 is 14.7 Å². The Morgan fingerprint density at radius 3 is 2.36 bits per heavy atom. The molecule has 0 aromatic heterocycles. The number of aliphatic carboxylic acids is 1. The predicted molar refractivity (Wildman–Crippen MR) is 84.8 cm³/mol. The maximum absolute atomic E-state index is 11.9. The molecule has 1 aliphatic rings. The average Bonchev–Trinajstić information content (AvgIpc) is 2.48. The van der Waals surface area contributed by atoms with Crippen molar-refractivity contribution in [2.24, 2.45) is 5.92 Å². The Morgan fingerprint density at radius 1 is 1.14 bits per heavy atom. The van der Waals surface area contributed by atoms with Crippen LogP contribution >= 0.6 is 11.6 Å². The fourth-order valence-electron chi connectivity index (χ4n) is 2.78. The van der Waals surface area contributed by atoms with E-state index in [2.05, 4.69) is 10.6 Å². The quantitative estimate of drug-likeness (QED) is 0.778. The molecule has 2 rings (SSSR count). The van der Waals surface area contributed by atoms with E-state index in [1.54, 1.807) is 12.1 Å². The molecular weight excluding hydrogens is 304 g/mol. The van der Waals surface area contributed by atoms with Crippen LogP contribution < -0.4 is 10.6 Å².